The van der Waals surface area contributed by atoms with E-state index in [-0.39, 0.29) is 6.42 Å². The van der Waals surface area contributed by atoms with Gasteiger partial charge in [0.2, 0.25) is 0 Å². The molecule has 1 N–H and O–H groups in total. The third kappa shape index (κ3) is 3.39. The summed E-state index contributed by atoms with van der Waals surface area (Å²) in [6.45, 7) is 0. The molecule has 5 heteroatoms. The summed E-state index contributed by atoms with van der Waals surface area (Å²) in [5, 5.41) is 17.6. The molecule has 0 unspecified atom stereocenters. The molecule has 0 aliphatic rings. The number of methoxy groups -OCH3 is 2. The van der Waals surface area contributed by atoms with E-state index in [1.165, 1.54) is 14.2 Å². The average Bonchev–Trinajstić information content (AvgIpc) is 2.37. The van der Waals surface area contributed by atoms with Gasteiger partial charge in [-0.3, -0.25) is 4.79 Å². The first-order valence-electron chi connectivity index (χ1n) is 5.43. The summed E-state index contributed by atoms with van der Waals surface area (Å²) in [6, 6.07) is 7.11. The van der Waals surface area contributed by atoms with Gasteiger partial charge in [0.1, 0.15) is 0 Å². The lowest BCUT2D eigenvalue weighted by Gasteiger charge is -2.12. The van der Waals surface area contributed by atoms with Crippen molar-refractivity contribution in [3.8, 4) is 17.6 Å². The lowest BCUT2D eigenvalue weighted by molar-refractivity contribution is -0.141. The molecule has 0 spiro atoms. The number of carboxylic acid groups (broad SMARTS) is 1. The monoisotopic (exact) mass is 249 g/mol. The fourth-order valence-corrected chi connectivity index (χ4v) is 1.65. The highest BCUT2D eigenvalue weighted by atomic mass is 16.5. The molecule has 1 aromatic carbocycles. The van der Waals surface area contributed by atoms with Gasteiger partial charge in [-0.15, -0.1) is 0 Å². The molecule has 0 aromatic heterocycles. The predicted octanol–water partition coefficient (Wildman–Crippen LogP) is 1.86. The van der Waals surface area contributed by atoms with Gasteiger partial charge >= 0.3 is 5.97 Å². The number of aliphatic carboxylic acids is 1. The van der Waals surface area contributed by atoms with E-state index in [9.17, 15) is 4.79 Å². The van der Waals surface area contributed by atoms with Gasteiger partial charge in [-0.25, -0.2) is 0 Å². The molecule has 18 heavy (non-hydrogen) atoms. The zero-order valence-electron chi connectivity index (χ0n) is 10.3. The standard InChI is InChI=1S/C13H15NO4/c1-17-11-4-3-9(8-12(11)18-2)7-10(5-6-14)13(15)16/h3-4,8,10H,5,7H2,1-2H3,(H,15,16)/t10-/m0/s1. The molecule has 5 nitrogen and oxygen atoms in total. The molecule has 0 heterocycles. The Morgan fingerprint density at radius 3 is 2.56 bits per heavy atom. The number of carbonyl (C=O) groups is 1. The molecule has 0 bridgehead atoms. The molecule has 0 saturated heterocycles. The number of nitriles is 1. The summed E-state index contributed by atoms with van der Waals surface area (Å²) in [4.78, 5) is 11.0. The van der Waals surface area contributed by atoms with Crippen molar-refractivity contribution >= 4 is 5.97 Å². The Morgan fingerprint density at radius 2 is 2.06 bits per heavy atom. The molecule has 0 saturated carbocycles. The highest BCUT2D eigenvalue weighted by Crippen LogP contribution is 2.28. The zero-order valence-corrected chi connectivity index (χ0v) is 10.3. The Kier molecular flexibility index (Phi) is 5.00. The van der Waals surface area contributed by atoms with E-state index in [0.717, 1.165) is 5.56 Å². The molecular formula is C13H15NO4. The Bertz CT molecular complexity index is 465. The molecule has 0 amide bonds. The third-order valence-corrected chi connectivity index (χ3v) is 2.62. The Morgan fingerprint density at radius 1 is 1.39 bits per heavy atom. The first-order chi connectivity index (χ1) is 8.62. The third-order valence-electron chi connectivity index (χ3n) is 2.62. The van der Waals surface area contributed by atoms with Gasteiger partial charge in [0, 0.05) is 6.42 Å². The van der Waals surface area contributed by atoms with Crippen molar-refractivity contribution in [2.24, 2.45) is 5.92 Å². The summed E-state index contributed by atoms with van der Waals surface area (Å²) < 4.78 is 10.2. The van der Waals surface area contributed by atoms with Gasteiger partial charge in [-0.2, -0.15) is 5.26 Å². The van der Waals surface area contributed by atoms with Gasteiger partial charge in [0.25, 0.3) is 0 Å². The maximum Gasteiger partial charge on any atom is 0.307 e. The van der Waals surface area contributed by atoms with Crippen LogP contribution in [0.1, 0.15) is 12.0 Å². The Labute approximate surface area is 106 Å². The van der Waals surface area contributed by atoms with Crippen LogP contribution in [-0.4, -0.2) is 25.3 Å². The number of ether oxygens (including phenoxy) is 2. The number of nitrogens with zero attached hydrogens (tertiary/aromatic N) is 1. The van der Waals surface area contributed by atoms with Crippen molar-refractivity contribution in [1.82, 2.24) is 0 Å². The van der Waals surface area contributed by atoms with Crippen LogP contribution in [0.4, 0.5) is 0 Å². The fraction of sp³-hybridized carbons (Fsp3) is 0.385. The molecule has 0 aliphatic carbocycles. The van der Waals surface area contributed by atoms with Crippen molar-refractivity contribution < 1.29 is 19.4 Å². The number of rotatable bonds is 6. The lowest BCUT2D eigenvalue weighted by atomic mass is 9.96. The highest BCUT2D eigenvalue weighted by Gasteiger charge is 2.18. The summed E-state index contributed by atoms with van der Waals surface area (Å²) >= 11 is 0. The smallest absolute Gasteiger partial charge is 0.307 e. The predicted molar refractivity (Wildman–Crippen MR) is 64.6 cm³/mol. The summed E-state index contributed by atoms with van der Waals surface area (Å²) in [6.07, 6.45) is 0.285. The van der Waals surface area contributed by atoms with E-state index < -0.39 is 11.9 Å². The van der Waals surface area contributed by atoms with Gasteiger partial charge in [0.05, 0.1) is 26.2 Å². The minimum absolute atomic E-state index is 0.0102. The SMILES string of the molecule is COc1ccc(C[C@H](CC#N)C(=O)O)cc1OC. The molecule has 1 atom stereocenters. The minimum Gasteiger partial charge on any atom is -0.493 e. The second-order valence-corrected chi connectivity index (χ2v) is 3.79. The number of hydrogen-bond donors (Lipinski definition) is 1. The number of hydrogen-bond acceptors (Lipinski definition) is 4. The van der Waals surface area contributed by atoms with Crippen LogP contribution in [0.3, 0.4) is 0 Å². The molecule has 0 radical (unpaired) electrons. The second kappa shape index (κ2) is 6.50. The summed E-state index contributed by atoms with van der Waals surface area (Å²) in [5.41, 5.74) is 0.801. The Balaban J connectivity index is 2.90. The van der Waals surface area contributed by atoms with Gasteiger partial charge < -0.3 is 14.6 Å². The quantitative estimate of drug-likeness (QED) is 0.832. The fourth-order valence-electron chi connectivity index (χ4n) is 1.65. The van der Waals surface area contributed by atoms with Crippen LogP contribution in [0.25, 0.3) is 0 Å². The van der Waals surface area contributed by atoms with E-state index in [0.29, 0.717) is 17.9 Å². The van der Waals surface area contributed by atoms with Crippen molar-refractivity contribution in [3.05, 3.63) is 23.8 Å². The van der Waals surface area contributed by atoms with Gasteiger partial charge in [-0.1, -0.05) is 6.07 Å². The van der Waals surface area contributed by atoms with Crippen LogP contribution in [0.2, 0.25) is 0 Å². The first kappa shape index (κ1) is 13.8. The van der Waals surface area contributed by atoms with Crippen molar-refractivity contribution in [2.45, 2.75) is 12.8 Å². The van der Waals surface area contributed by atoms with Crippen molar-refractivity contribution in [2.75, 3.05) is 14.2 Å². The second-order valence-electron chi connectivity index (χ2n) is 3.79. The molecule has 96 valence electrons. The van der Waals surface area contributed by atoms with Gasteiger partial charge in [0.15, 0.2) is 11.5 Å². The van der Waals surface area contributed by atoms with Gasteiger partial charge in [-0.05, 0) is 24.1 Å². The maximum atomic E-state index is 11.0. The minimum atomic E-state index is -0.966. The zero-order chi connectivity index (χ0) is 13.5. The van der Waals surface area contributed by atoms with Crippen LogP contribution >= 0.6 is 0 Å². The topological polar surface area (TPSA) is 79.5 Å². The Hall–Kier alpha value is -2.22. The van der Waals surface area contributed by atoms with Crippen LogP contribution in [0.5, 0.6) is 11.5 Å². The molecule has 1 rings (SSSR count). The molecule has 0 aliphatic heterocycles. The average molecular weight is 249 g/mol. The summed E-state index contributed by atoms with van der Waals surface area (Å²) in [5.74, 6) is -0.524. The van der Waals surface area contributed by atoms with Crippen molar-refractivity contribution in [3.63, 3.8) is 0 Å². The molecular weight excluding hydrogens is 234 g/mol. The largest absolute Gasteiger partial charge is 0.493 e. The van der Waals surface area contributed by atoms with E-state index in [4.69, 9.17) is 19.8 Å². The van der Waals surface area contributed by atoms with Crippen LogP contribution in [-0.2, 0) is 11.2 Å². The van der Waals surface area contributed by atoms with Crippen LogP contribution in [0.15, 0.2) is 18.2 Å². The van der Waals surface area contributed by atoms with E-state index in [1.54, 1.807) is 18.2 Å². The normalized spacial score (nSPS) is 11.4. The molecule has 1 aromatic rings. The molecule has 0 fully saturated rings. The van der Waals surface area contributed by atoms with E-state index >= 15 is 0 Å². The van der Waals surface area contributed by atoms with E-state index in [2.05, 4.69) is 0 Å². The first-order valence-corrected chi connectivity index (χ1v) is 5.43. The maximum absolute atomic E-state index is 11.0. The van der Waals surface area contributed by atoms with E-state index in [1.807, 2.05) is 6.07 Å². The summed E-state index contributed by atoms with van der Waals surface area (Å²) in [7, 11) is 3.05. The highest BCUT2D eigenvalue weighted by molar-refractivity contribution is 5.70. The van der Waals surface area contributed by atoms with Crippen LogP contribution < -0.4 is 9.47 Å². The lowest BCUT2D eigenvalue weighted by Crippen LogP contribution is -2.15. The number of benzene rings is 1. The number of carboxylic acids is 1. The van der Waals surface area contributed by atoms with Crippen LogP contribution in [0, 0.1) is 17.2 Å². The van der Waals surface area contributed by atoms with Crippen molar-refractivity contribution in [1.29, 1.82) is 5.26 Å².